The summed E-state index contributed by atoms with van der Waals surface area (Å²) in [6.07, 6.45) is -4.91. The lowest BCUT2D eigenvalue weighted by molar-refractivity contribution is -0.221. The van der Waals surface area contributed by atoms with Crippen molar-refractivity contribution in [2.75, 3.05) is 11.9 Å². The summed E-state index contributed by atoms with van der Waals surface area (Å²) in [5, 5.41) is 41.7. The number of carbonyl (C=O) groups excluding carboxylic acids is 1. The van der Waals surface area contributed by atoms with Crippen LogP contribution < -0.4 is 5.32 Å². The van der Waals surface area contributed by atoms with Gasteiger partial charge in [0.1, 0.15) is 24.4 Å². The quantitative estimate of drug-likeness (QED) is 0.465. The summed E-state index contributed by atoms with van der Waals surface area (Å²) >= 11 is 1.10. The smallest absolute Gasteiger partial charge is 0.185 e. The van der Waals surface area contributed by atoms with Gasteiger partial charge < -0.3 is 30.5 Å². The maximum absolute atomic E-state index is 12.2. The first-order chi connectivity index (χ1) is 10.6. The van der Waals surface area contributed by atoms with Gasteiger partial charge in [-0.05, 0) is 0 Å². The number of aliphatic hydroxyl groups is 4. The Morgan fingerprint density at radius 1 is 1.30 bits per heavy atom. The van der Waals surface area contributed by atoms with Crippen molar-refractivity contribution in [1.82, 2.24) is 4.98 Å². The van der Waals surface area contributed by atoms with Gasteiger partial charge in [0.15, 0.2) is 17.1 Å². The van der Waals surface area contributed by atoms with E-state index in [0.29, 0.717) is 10.0 Å². The molecule has 9 heteroatoms. The lowest BCUT2D eigenvalue weighted by atomic mass is 9.90. The first-order valence-electron chi connectivity index (χ1n) is 7.23. The number of ketones is 1. The Kier molecular flexibility index (Phi) is 5.39. The van der Waals surface area contributed by atoms with E-state index in [0.717, 1.165) is 11.3 Å². The minimum Gasteiger partial charge on any atom is -0.394 e. The van der Waals surface area contributed by atoms with E-state index in [-0.39, 0.29) is 5.78 Å². The number of rotatable bonds is 4. The molecule has 23 heavy (non-hydrogen) atoms. The molecular formula is C14H22N2O6S. The fraction of sp³-hybridized carbons (Fsp3) is 0.714. The molecule has 1 fully saturated rings. The van der Waals surface area contributed by atoms with Gasteiger partial charge in [-0.3, -0.25) is 4.79 Å². The van der Waals surface area contributed by atoms with E-state index in [1.807, 2.05) is 0 Å². The third kappa shape index (κ3) is 3.87. The summed E-state index contributed by atoms with van der Waals surface area (Å²) in [7, 11) is 0. The van der Waals surface area contributed by atoms with Crippen LogP contribution in [0.5, 0.6) is 0 Å². The molecular weight excluding hydrogens is 324 g/mol. The minimum atomic E-state index is -1.46. The van der Waals surface area contributed by atoms with Crippen LogP contribution in [0.4, 0.5) is 5.13 Å². The van der Waals surface area contributed by atoms with Crippen molar-refractivity contribution in [3.05, 3.63) is 11.1 Å². The van der Waals surface area contributed by atoms with Crippen molar-refractivity contribution >= 4 is 22.3 Å². The van der Waals surface area contributed by atoms with Crippen molar-refractivity contribution < 1.29 is 30.0 Å². The summed E-state index contributed by atoms with van der Waals surface area (Å²) in [5.74, 6) is -0.0585. The molecule has 5 N–H and O–H groups in total. The Labute approximate surface area is 137 Å². The van der Waals surface area contributed by atoms with Crippen molar-refractivity contribution in [2.24, 2.45) is 5.41 Å². The third-order valence-corrected chi connectivity index (χ3v) is 4.50. The maximum Gasteiger partial charge on any atom is 0.185 e. The molecule has 0 saturated carbocycles. The molecule has 0 aromatic carbocycles. The average Bonchev–Trinajstić information content (AvgIpc) is 2.94. The van der Waals surface area contributed by atoms with Crippen LogP contribution in [0, 0.1) is 5.41 Å². The molecule has 2 heterocycles. The van der Waals surface area contributed by atoms with E-state index in [4.69, 9.17) is 9.84 Å². The van der Waals surface area contributed by atoms with Crippen molar-refractivity contribution in [3.63, 3.8) is 0 Å². The Morgan fingerprint density at radius 2 is 1.96 bits per heavy atom. The van der Waals surface area contributed by atoms with Crippen LogP contribution in [0.3, 0.4) is 0 Å². The van der Waals surface area contributed by atoms with E-state index in [2.05, 4.69) is 10.3 Å². The Morgan fingerprint density at radius 3 is 2.52 bits per heavy atom. The molecule has 0 aliphatic carbocycles. The summed E-state index contributed by atoms with van der Waals surface area (Å²) in [6.45, 7) is 4.91. The number of aromatic nitrogens is 1. The molecule has 0 radical (unpaired) electrons. The highest BCUT2D eigenvalue weighted by atomic mass is 32.1. The topological polar surface area (TPSA) is 132 Å². The summed E-state index contributed by atoms with van der Waals surface area (Å²) in [6, 6.07) is 0. The predicted molar refractivity (Wildman–Crippen MR) is 83.3 cm³/mol. The van der Waals surface area contributed by atoms with Gasteiger partial charge in [0, 0.05) is 5.41 Å². The number of thiazole rings is 1. The second kappa shape index (κ2) is 6.80. The van der Waals surface area contributed by atoms with Crippen LogP contribution in [-0.2, 0) is 4.74 Å². The molecule has 2 unspecified atom stereocenters. The zero-order valence-electron chi connectivity index (χ0n) is 13.1. The molecule has 1 saturated heterocycles. The SMILES string of the molecule is CC(C)(C)C(=O)c1cnc(N[C@H]2OC(CO)[C@@H](O)[C@H](O)C2O)s1. The van der Waals surface area contributed by atoms with Gasteiger partial charge in [0.2, 0.25) is 0 Å². The standard InChI is InChI=1S/C14H22N2O6S/c1-14(2,3)11(21)7-4-15-13(23-7)16-12-10(20)9(19)8(18)6(5-17)22-12/h4,6,8-10,12,17-20H,5H2,1-3H3,(H,15,16)/t6?,8-,9+,10?,12+/m1/s1. The number of Topliss-reactive ketones (excluding diaryl/α,β-unsaturated/α-hetero) is 1. The molecule has 0 amide bonds. The Balaban J connectivity index is 2.10. The average molecular weight is 346 g/mol. The summed E-state index contributed by atoms with van der Waals surface area (Å²) in [5.41, 5.74) is -0.535. The third-order valence-electron chi connectivity index (χ3n) is 3.57. The van der Waals surface area contributed by atoms with Gasteiger partial charge in [-0.1, -0.05) is 32.1 Å². The number of hydrogen-bond donors (Lipinski definition) is 5. The van der Waals surface area contributed by atoms with E-state index in [1.54, 1.807) is 20.8 Å². The Bertz CT molecular complexity index is 556. The number of aliphatic hydroxyl groups excluding tert-OH is 4. The summed E-state index contributed by atoms with van der Waals surface area (Å²) < 4.78 is 5.33. The molecule has 1 aliphatic rings. The fourth-order valence-electron chi connectivity index (χ4n) is 2.16. The van der Waals surface area contributed by atoms with Gasteiger partial charge in [-0.15, -0.1) is 0 Å². The molecule has 1 aromatic heterocycles. The van der Waals surface area contributed by atoms with E-state index in [9.17, 15) is 20.1 Å². The maximum atomic E-state index is 12.2. The molecule has 5 atom stereocenters. The molecule has 8 nitrogen and oxygen atoms in total. The zero-order valence-corrected chi connectivity index (χ0v) is 13.9. The van der Waals surface area contributed by atoms with Crippen LogP contribution in [0.2, 0.25) is 0 Å². The Hall–Kier alpha value is -1.10. The second-order valence-corrected chi connectivity index (χ2v) is 7.53. The highest BCUT2D eigenvalue weighted by Crippen LogP contribution is 2.29. The minimum absolute atomic E-state index is 0.0585. The lowest BCUT2D eigenvalue weighted by Crippen LogP contribution is -2.60. The van der Waals surface area contributed by atoms with Crippen molar-refractivity contribution in [2.45, 2.75) is 51.4 Å². The number of ether oxygens (including phenoxy) is 1. The molecule has 1 aliphatic heterocycles. The number of hydrogen-bond acceptors (Lipinski definition) is 9. The van der Waals surface area contributed by atoms with Crippen LogP contribution in [0.1, 0.15) is 30.4 Å². The first kappa shape index (κ1) is 18.2. The van der Waals surface area contributed by atoms with Crippen LogP contribution in [-0.4, -0.2) is 68.4 Å². The van der Waals surface area contributed by atoms with Gasteiger partial charge in [0.05, 0.1) is 17.7 Å². The number of nitrogens with one attached hydrogen (secondary N) is 1. The van der Waals surface area contributed by atoms with Crippen molar-refractivity contribution in [1.29, 1.82) is 0 Å². The van der Waals surface area contributed by atoms with E-state index >= 15 is 0 Å². The predicted octanol–water partition coefficient (Wildman–Crippen LogP) is -0.416. The highest BCUT2D eigenvalue weighted by molar-refractivity contribution is 7.17. The van der Waals surface area contributed by atoms with Gasteiger partial charge >= 0.3 is 0 Å². The zero-order chi connectivity index (χ0) is 17.4. The van der Waals surface area contributed by atoms with Crippen molar-refractivity contribution in [3.8, 4) is 0 Å². The highest BCUT2D eigenvalue weighted by Gasteiger charge is 2.43. The molecule has 1 aromatic rings. The van der Waals surface area contributed by atoms with E-state index in [1.165, 1.54) is 6.20 Å². The van der Waals surface area contributed by atoms with Gasteiger partial charge in [-0.25, -0.2) is 4.98 Å². The number of nitrogens with zero attached hydrogens (tertiary/aromatic N) is 1. The molecule has 0 spiro atoms. The second-order valence-electron chi connectivity index (χ2n) is 6.50. The fourth-order valence-corrected chi connectivity index (χ4v) is 3.15. The van der Waals surface area contributed by atoms with E-state index < -0.39 is 42.7 Å². The molecule has 0 bridgehead atoms. The van der Waals surface area contributed by atoms with Crippen LogP contribution >= 0.6 is 11.3 Å². The largest absolute Gasteiger partial charge is 0.394 e. The van der Waals surface area contributed by atoms with Gasteiger partial charge in [0.25, 0.3) is 0 Å². The molecule has 130 valence electrons. The van der Waals surface area contributed by atoms with Crippen LogP contribution in [0.15, 0.2) is 6.20 Å². The number of carbonyl (C=O) groups is 1. The normalized spacial score (nSPS) is 31.9. The van der Waals surface area contributed by atoms with Crippen LogP contribution in [0.25, 0.3) is 0 Å². The summed E-state index contributed by atoms with van der Waals surface area (Å²) in [4.78, 5) is 16.7. The first-order valence-corrected chi connectivity index (χ1v) is 8.04. The molecule has 2 rings (SSSR count). The number of anilines is 1. The lowest BCUT2D eigenvalue weighted by Gasteiger charge is -2.40. The van der Waals surface area contributed by atoms with Gasteiger partial charge in [-0.2, -0.15) is 0 Å². The monoisotopic (exact) mass is 346 g/mol.